The lowest BCUT2D eigenvalue weighted by molar-refractivity contribution is -0.138. The minimum absolute atomic E-state index is 0.143. The first-order chi connectivity index (χ1) is 60.4. The lowest BCUT2D eigenvalue weighted by Gasteiger charge is -2.27. The molecule has 0 unspecified atom stereocenters. The van der Waals surface area contributed by atoms with Crippen LogP contribution >= 0.6 is 156 Å². The van der Waals surface area contributed by atoms with Crippen molar-refractivity contribution in [1.29, 1.82) is 0 Å². The number of nitrogens with zero attached hydrogens (tertiary/aromatic N) is 1. The standard InChI is InChI=1S/C10H13NO.C9H11Cl.2C9H12O.2C8H9Br.3C8H6ClF3.2C8H9Cl.C7H6BrCl.C5H5BrS/c1-8-3-4-10-9(7-8)11(2)5-6-12-10;1-6-4-8(3)9(10)5-7(6)2;1-7-4-5-9(10-3)8(2)6-7;1-7-4-5-8(2)9(6-7)10-3;1-6-3-4-8(9)5-7(6)2;1-6-3-4-7(2)8(9)5-6;1-5-4-6(8(10,11)12)2-3-7(5)9;1-5-2-3-6(4-7(5)9)8(10,11)12;1-5-2-3-7(9)6(4-5)8(10,11)12;1-6-3-4-8(9)7(2)5-6;1-6-3-4-7(2)8(9)5-6;1-5-2-3-6(8)4-7(5)9;1-4-2-3-5(6)7-4/h3-4,7H,5-6H2,1-2H3;4-5H,1-3H3;2*4-6H,1-3H3;2*3-5H,1-2H3;3*2-4H,1H3;2*3-5H,1-2H3;2-4H,1H3;2-3H,1H3. The molecule has 0 fully saturated rings. The summed E-state index contributed by atoms with van der Waals surface area (Å²) in [6.45, 7) is 43.6. The molecule has 1 aromatic heterocycles. The van der Waals surface area contributed by atoms with Gasteiger partial charge in [-0.3, -0.25) is 0 Å². The molecule has 25 heteroatoms. The summed E-state index contributed by atoms with van der Waals surface area (Å²) in [4.78, 5) is 3.58. The number of likely N-dealkylation sites (N-methyl/N-ethyl adjacent to an activating group) is 1. The number of hydrogen-bond donors (Lipinski definition) is 0. The Hall–Kier alpha value is -7.14. The Bertz CT molecular complexity index is 5290. The normalized spacial score (nSPS) is 10.8. The molecule has 14 rings (SSSR count). The Balaban J connectivity index is 0.000000478. The predicted molar refractivity (Wildman–Crippen MR) is 554 cm³/mol. The molecule has 0 saturated heterocycles. The van der Waals surface area contributed by atoms with Crippen LogP contribution in [-0.4, -0.2) is 34.4 Å². The number of fused-ring (bicyclic) bond motifs is 1. The second-order valence-corrected chi connectivity index (χ2v) is 38.7. The number of thiophene rings is 1. The van der Waals surface area contributed by atoms with Crippen LogP contribution in [0.15, 0.2) is 242 Å². The highest BCUT2D eigenvalue weighted by molar-refractivity contribution is 9.11. The molecule has 0 amide bonds. The quantitative estimate of drug-likeness (QED) is 0.161. The van der Waals surface area contributed by atoms with Gasteiger partial charge in [-0.05, 0) is 383 Å². The van der Waals surface area contributed by atoms with Crippen LogP contribution in [0.3, 0.4) is 0 Å². The van der Waals surface area contributed by atoms with Crippen LogP contribution in [0.2, 0.25) is 35.2 Å². The molecule has 12 aromatic carbocycles. The summed E-state index contributed by atoms with van der Waals surface area (Å²) in [7, 11) is 5.49. The van der Waals surface area contributed by atoms with Gasteiger partial charge in [0.1, 0.15) is 23.9 Å². The SMILES string of the molecule is COc1cc(C)ccc1C.COc1ccc(C)cc1C.Cc1cc(C(F)(F)F)ccc1Cl.Cc1cc(C)c(Cl)cc1C.Cc1ccc(Br)cc1C.Cc1ccc(Br)cc1Cl.Cc1ccc(Br)s1.Cc1ccc(C(F)(F)F)cc1Cl.Cc1ccc(C)c(Br)c1.Cc1ccc(C)c(Cl)c1.Cc1ccc(Cl)c(C(F)(F)F)c1.Cc1ccc(Cl)c(C)c1.Cc1ccc2c(c1)N(C)CCO2. The number of hydrogen-bond acceptors (Lipinski definition) is 5. The van der Waals surface area contributed by atoms with E-state index in [9.17, 15) is 39.5 Å². The molecule has 0 atom stereocenters. The Morgan fingerprint density at radius 1 is 0.300 bits per heavy atom. The highest BCUT2D eigenvalue weighted by atomic mass is 79.9. The van der Waals surface area contributed by atoms with Gasteiger partial charge in [0.2, 0.25) is 0 Å². The van der Waals surface area contributed by atoms with Crippen molar-refractivity contribution in [2.45, 2.75) is 164 Å². The summed E-state index contributed by atoms with van der Waals surface area (Å²) in [6, 6.07) is 67.8. The summed E-state index contributed by atoms with van der Waals surface area (Å²) < 4.78 is 129. The molecule has 0 aliphatic carbocycles. The molecule has 0 bridgehead atoms. The van der Waals surface area contributed by atoms with Crippen molar-refractivity contribution < 1.29 is 53.7 Å². The van der Waals surface area contributed by atoms with Crippen LogP contribution in [0.4, 0.5) is 45.2 Å². The van der Waals surface area contributed by atoms with Crippen molar-refractivity contribution in [1.82, 2.24) is 0 Å². The summed E-state index contributed by atoms with van der Waals surface area (Å²) in [5.41, 5.74) is 21.7. The maximum absolute atomic E-state index is 12.1. The number of alkyl halides is 9. The van der Waals surface area contributed by atoms with Crippen LogP contribution in [0.25, 0.3) is 0 Å². The lowest BCUT2D eigenvalue weighted by atomic mass is 10.1. The number of anilines is 1. The summed E-state index contributed by atoms with van der Waals surface area (Å²) in [5.74, 6) is 2.94. The molecule has 4 nitrogen and oxygen atoms in total. The Labute approximate surface area is 838 Å². The van der Waals surface area contributed by atoms with Gasteiger partial charge in [-0.2, -0.15) is 39.5 Å². The van der Waals surface area contributed by atoms with E-state index in [4.69, 9.17) is 95.4 Å². The first-order valence-electron chi connectivity index (χ1n) is 40.3. The van der Waals surface area contributed by atoms with Gasteiger partial charge in [-0.1, -0.05) is 243 Å². The molecule has 0 radical (unpaired) electrons. The van der Waals surface area contributed by atoms with E-state index < -0.39 is 35.2 Å². The third-order valence-electron chi connectivity index (χ3n) is 18.8. The maximum atomic E-state index is 12.1. The van der Waals surface area contributed by atoms with Crippen LogP contribution in [0.5, 0.6) is 17.2 Å². The van der Waals surface area contributed by atoms with Crippen molar-refractivity contribution in [2.24, 2.45) is 0 Å². The van der Waals surface area contributed by atoms with Gasteiger partial charge < -0.3 is 19.1 Å². The first kappa shape index (κ1) is 119. The highest BCUT2D eigenvalue weighted by Crippen LogP contribution is 2.37. The molecule has 1 aliphatic rings. The zero-order valence-electron chi connectivity index (χ0n) is 77.4. The predicted octanol–water partition coefficient (Wildman–Crippen LogP) is 39.0. The van der Waals surface area contributed by atoms with E-state index in [1.54, 1.807) is 39.4 Å². The van der Waals surface area contributed by atoms with Crippen LogP contribution in [0.1, 0.15) is 133 Å². The van der Waals surface area contributed by atoms with Gasteiger partial charge in [0.15, 0.2) is 0 Å². The average molecular weight is 2210 g/mol. The fourth-order valence-corrected chi connectivity index (χ4v) is 14.9. The van der Waals surface area contributed by atoms with E-state index in [2.05, 4.69) is 249 Å². The van der Waals surface area contributed by atoms with Gasteiger partial charge in [0.05, 0.1) is 52.0 Å². The fraction of sp³-hybridized carbons (Fsp3) is 0.276. The highest BCUT2D eigenvalue weighted by Gasteiger charge is 2.34. The van der Waals surface area contributed by atoms with Crippen molar-refractivity contribution in [2.75, 3.05) is 39.3 Å². The van der Waals surface area contributed by atoms with Crippen LogP contribution < -0.4 is 19.1 Å². The molecule has 2 heterocycles. The minimum atomic E-state index is -4.36. The Morgan fingerprint density at radius 2 is 0.685 bits per heavy atom. The van der Waals surface area contributed by atoms with E-state index in [1.807, 2.05) is 121 Å². The number of methoxy groups -OCH3 is 2. The van der Waals surface area contributed by atoms with Gasteiger partial charge in [-0.25, -0.2) is 0 Å². The molecule has 702 valence electrons. The van der Waals surface area contributed by atoms with Crippen LogP contribution in [0, 0.1) is 145 Å². The van der Waals surface area contributed by atoms with Crippen molar-refractivity contribution >= 4 is 162 Å². The number of rotatable bonds is 2. The second kappa shape index (κ2) is 58.9. The molecule has 0 N–H and O–H groups in total. The van der Waals surface area contributed by atoms with E-state index in [-0.39, 0.29) is 10.0 Å². The third-order valence-corrected chi connectivity index (χ3v) is 25.0. The summed E-state index contributed by atoms with van der Waals surface area (Å²) in [5, 5.41) is 3.61. The molecule has 1 aliphatic heterocycles. The van der Waals surface area contributed by atoms with Gasteiger partial charge >= 0.3 is 18.5 Å². The first-order valence-corrected chi connectivity index (χ1v) is 47.0. The molecule has 13 aromatic rings. The van der Waals surface area contributed by atoms with E-state index >= 15 is 0 Å². The fourth-order valence-electron chi connectivity index (χ4n) is 10.7. The number of aryl methyl sites for hydroxylation is 21. The molecule has 0 spiro atoms. The van der Waals surface area contributed by atoms with E-state index in [0.717, 1.165) is 112 Å². The summed E-state index contributed by atoms with van der Waals surface area (Å²) in [6.07, 6.45) is -12.9. The smallest absolute Gasteiger partial charge is 0.417 e. The number of halogens is 20. The molecular formula is C105H113Br4Cl7F9NO3S. The van der Waals surface area contributed by atoms with Gasteiger partial charge in [-0.15, -0.1) is 11.3 Å². The average Bonchev–Trinajstić information content (AvgIpc) is 1.33. The lowest BCUT2D eigenvalue weighted by Crippen LogP contribution is -2.28. The van der Waals surface area contributed by atoms with Crippen molar-refractivity contribution in [3.63, 3.8) is 0 Å². The molecular weight excluding hydrogens is 2090 g/mol. The molecule has 0 saturated carbocycles. The van der Waals surface area contributed by atoms with Crippen LogP contribution in [-0.2, 0) is 18.5 Å². The monoisotopic (exact) mass is 2200 g/mol. The largest absolute Gasteiger partial charge is 0.496 e. The maximum Gasteiger partial charge on any atom is 0.417 e. The minimum Gasteiger partial charge on any atom is -0.496 e. The van der Waals surface area contributed by atoms with Crippen molar-refractivity contribution in [3.8, 4) is 17.2 Å². The van der Waals surface area contributed by atoms with Crippen molar-refractivity contribution in [3.05, 3.63) is 410 Å². The third kappa shape index (κ3) is 46.7. The topological polar surface area (TPSA) is 30.9 Å². The molecule has 130 heavy (non-hydrogen) atoms. The Morgan fingerprint density at radius 3 is 1.09 bits per heavy atom. The van der Waals surface area contributed by atoms with E-state index in [0.29, 0.717) is 21.7 Å². The number of benzene rings is 12. The van der Waals surface area contributed by atoms with Gasteiger partial charge in [0, 0.05) is 55.5 Å². The zero-order chi connectivity index (χ0) is 99.0. The second-order valence-electron chi connectivity index (χ2n) is 30.5. The number of ether oxygens (including phenoxy) is 3. The summed E-state index contributed by atoms with van der Waals surface area (Å²) >= 11 is 55.0. The van der Waals surface area contributed by atoms with Gasteiger partial charge in [0.25, 0.3) is 0 Å². The Kier molecular flexibility index (Phi) is 53.9. The van der Waals surface area contributed by atoms with E-state index in [1.165, 1.54) is 122 Å². The zero-order valence-corrected chi connectivity index (χ0v) is 89.9.